The predicted octanol–water partition coefficient (Wildman–Crippen LogP) is 4.18. The number of ether oxygens (including phenoxy) is 1. The van der Waals surface area contributed by atoms with Gasteiger partial charge in [-0.25, -0.2) is 4.79 Å². The van der Waals surface area contributed by atoms with Crippen LogP contribution >= 0.6 is 0 Å². The number of carbonyl (C=O) groups excluding carboxylic acids is 2. The molecule has 0 radical (unpaired) electrons. The minimum Gasteiger partial charge on any atom is -0.389 e. The van der Waals surface area contributed by atoms with Crippen LogP contribution in [-0.4, -0.2) is 50.2 Å². The third-order valence-corrected chi connectivity index (χ3v) is 4.84. The summed E-state index contributed by atoms with van der Waals surface area (Å²) in [7, 11) is 5.87. The fourth-order valence-electron chi connectivity index (χ4n) is 3.11. The SMILES string of the molecule is CCCCCCCCCCCC(=O)OC(=O)[C@H](CCCCN)[N+](C)(C)C. The zero-order valence-electron chi connectivity index (χ0n) is 17.7. The first kappa shape index (κ1) is 25.1. The summed E-state index contributed by atoms with van der Waals surface area (Å²) in [5, 5.41) is 0. The van der Waals surface area contributed by atoms with Crippen LogP contribution in [0.25, 0.3) is 0 Å². The lowest BCUT2D eigenvalue weighted by Crippen LogP contribution is -2.50. The molecule has 0 aliphatic carbocycles. The molecule has 0 fully saturated rings. The summed E-state index contributed by atoms with van der Waals surface area (Å²) in [5.41, 5.74) is 5.52. The molecule has 2 N–H and O–H groups in total. The van der Waals surface area contributed by atoms with Gasteiger partial charge >= 0.3 is 11.9 Å². The smallest absolute Gasteiger partial charge is 0.372 e. The highest BCUT2D eigenvalue weighted by atomic mass is 16.6. The van der Waals surface area contributed by atoms with E-state index in [0.29, 0.717) is 23.9 Å². The first-order chi connectivity index (χ1) is 12.3. The quantitative estimate of drug-likeness (QED) is 0.191. The number of nitrogens with two attached hydrogens (primary N) is 1. The second-order valence-electron chi connectivity index (χ2n) is 8.29. The molecule has 5 heteroatoms. The summed E-state index contributed by atoms with van der Waals surface area (Å²) < 4.78 is 5.58. The first-order valence-electron chi connectivity index (χ1n) is 10.6. The number of unbranched alkanes of at least 4 members (excludes halogenated alkanes) is 9. The second kappa shape index (κ2) is 15.2. The van der Waals surface area contributed by atoms with Gasteiger partial charge in [0.2, 0.25) is 0 Å². The lowest BCUT2D eigenvalue weighted by Gasteiger charge is -2.32. The summed E-state index contributed by atoms with van der Waals surface area (Å²) in [6.07, 6.45) is 13.6. The summed E-state index contributed by atoms with van der Waals surface area (Å²) >= 11 is 0. The third-order valence-electron chi connectivity index (χ3n) is 4.84. The maximum absolute atomic E-state index is 12.4. The maximum Gasteiger partial charge on any atom is 0.372 e. The summed E-state index contributed by atoms with van der Waals surface area (Å²) in [6, 6.07) is -0.311. The molecule has 5 nitrogen and oxygen atoms in total. The summed E-state index contributed by atoms with van der Waals surface area (Å²) in [6.45, 7) is 2.85. The van der Waals surface area contributed by atoms with Crippen LogP contribution < -0.4 is 5.73 Å². The molecule has 0 spiro atoms. The van der Waals surface area contributed by atoms with Gasteiger partial charge in [0, 0.05) is 12.8 Å². The molecule has 0 amide bonds. The van der Waals surface area contributed by atoms with Gasteiger partial charge in [-0.1, -0.05) is 58.3 Å². The molecule has 0 aromatic heterocycles. The lowest BCUT2D eigenvalue weighted by atomic mass is 10.1. The maximum atomic E-state index is 12.4. The van der Waals surface area contributed by atoms with E-state index in [1.165, 1.54) is 38.5 Å². The third kappa shape index (κ3) is 13.3. The van der Waals surface area contributed by atoms with Gasteiger partial charge in [-0.15, -0.1) is 0 Å². The zero-order chi connectivity index (χ0) is 19.8. The topological polar surface area (TPSA) is 69.4 Å². The standard InChI is InChI=1S/C21H43N2O3/c1-5-6-7-8-9-10-11-12-13-17-20(24)26-21(25)19(23(2,3)4)16-14-15-18-22/h19H,5-18,22H2,1-4H3/q+1/t19-/m0/s1. The second-order valence-corrected chi connectivity index (χ2v) is 8.29. The van der Waals surface area contributed by atoms with Crippen molar-refractivity contribution in [3.63, 3.8) is 0 Å². The number of carbonyl (C=O) groups is 2. The van der Waals surface area contributed by atoms with Crippen molar-refractivity contribution in [3.05, 3.63) is 0 Å². The fourth-order valence-corrected chi connectivity index (χ4v) is 3.11. The Morgan fingerprint density at radius 2 is 1.38 bits per heavy atom. The van der Waals surface area contributed by atoms with E-state index in [-0.39, 0.29) is 12.0 Å². The largest absolute Gasteiger partial charge is 0.389 e. The van der Waals surface area contributed by atoms with E-state index in [2.05, 4.69) is 6.92 Å². The van der Waals surface area contributed by atoms with Crippen molar-refractivity contribution in [3.8, 4) is 0 Å². The number of quaternary nitrogens is 1. The Morgan fingerprint density at radius 3 is 1.88 bits per heavy atom. The number of likely N-dealkylation sites (N-methyl/N-ethyl adjacent to an activating group) is 1. The molecule has 154 valence electrons. The minimum absolute atomic E-state index is 0.311. The molecule has 0 aromatic carbocycles. The molecule has 0 aliphatic rings. The monoisotopic (exact) mass is 371 g/mol. The zero-order valence-corrected chi connectivity index (χ0v) is 17.7. The molecule has 0 saturated heterocycles. The van der Waals surface area contributed by atoms with Crippen LogP contribution in [0.15, 0.2) is 0 Å². The molecule has 0 heterocycles. The molecule has 0 unspecified atom stereocenters. The van der Waals surface area contributed by atoms with Crippen molar-refractivity contribution >= 4 is 11.9 Å². The van der Waals surface area contributed by atoms with Gasteiger partial charge in [-0.2, -0.15) is 0 Å². The van der Waals surface area contributed by atoms with E-state index < -0.39 is 5.97 Å². The van der Waals surface area contributed by atoms with Crippen molar-refractivity contribution < 1.29 is 18.8 Å². The molecular weight excluding hydrogens is 328 g/mol. The van der Waals surface area contributed by atoms with Crippen LogP contribution in [-0.2, 0) is 14.3 Å². The molecule has 0 aliphatic heterocycles. The van der Waals surface area contributed by atoms with Crippen LogP contribution in [0.1, 0.15) is 90.4 Å². The number of hydrogen-bond donors (Lipinski definition) is 1. The average Bonchev–Trinajstić information content (AvgIpc) is 2.56. The highest BCUT2D eigenvalue weighted by Gasteiger charge is 2.33. The predicted molar refractivity (Wildman–Crippen MR) is 108 cm³/mol. The van der Waals surface area contributed by atoms with Crippen LogP contribution in [0.2, 0.25) is 0 Å². The van der Waals surface area contributed by atoms with Gasteiger partial charge in [0.05, 0.1) is 21.1 Å². The fraction of sp³-hybridized carbons (Fsp3) is 0.905. The highest BCUT2D eigenvalue weighted by molar-refractivity contribution is 5.87. The molecule has 0 bridgehead atoms. The number of rotatable bonds is 16. The Kier molecular flexibility index (Phi) is 14.6. The number of hydrogen-bond acceptors (Lipinski definition) is 4. The Bertz CT molecular complexity index is 378. The Labute approximate surface area is 161 Å². The van der Waals surface area contributed by atoms with E-state index in [0.717, 1.165) is 32.1 Å². The van der Waals surface area contributed by atoms with Gasteiger partial charge in [-0.3, -0.25) is 4.79 Å². The van der Waals surface area contributed by atoms with Crippen LogP contribution in [0, 0.1) is 0 Å². The van der Waals surface area contributed by atoms with Crippen molar-refractivity contribution in [1.29, 1.82) is 0 Å². The molecular formula is C21H43N2O3+. The van der Waals surface area contributed by atoms with Gasteiger partial charge in [0.15, 0.2) is 6.04 Å². The highest BCUT2D eigenvalue weighted by Crippen LogP contribution is 2.15. The Balaban J connectivity index is 3.95. The van der Waals surface area contributed by atoms with Gasteiger partial charge in [-0.05, 0) is 25.8 Å². The van der Waals surface area contributed by atoms with E-state index in [1.807, 2.05) is 21.1 Å². The average molecular weight is 372 g/mol. The van der Waals surface area contributed by atoms with Crippen LogP contribution in [0.3, 0.4) is 0 Å². The minimum atomic E-state index is -0.393. The summed E-state index contributed by atoms with van der Waals surface area (Å²) in [5.74, 6) is -0.773. The number of nitrogens with zero attached hydrogens (tertiary/aromatic N) is 1. The molecule has 0 aromatic rings. The van der Waals surface area contributed by atoms with Gasteiger partial charge in [0.1, 0.15) is 0 Å². The lowest BCUT2D eigenvalue weighted by molar-refractivity contribution is -0.887. The van der Waals surface area contributed by atoms with Crippen LogP contribution in [0.5, 0.6) is 0 Å². The Hall–Kier alpha value is -0.940. The molecule has 26 heavy (non-hydrogen) atoms. The molecule has 0 saturated carbocycles. The summed E-state index contributed by atoms with van der Waals surface area (Å²) in [4.78, 5) is 24.3. The normalized spacial score (nSPS) is 12.8. The van der Waals surface area contributed by atoms with Crippen molar-refractivity contribution in [1.82, 2.24) is 0 Å². The number of esters is 2. The van der Waals surface area contributed by atoms with E-state index >= 15 is 0 Å². The van der Waals surface area contributed by atoms with Crippen molar-refractivity contribution in [2.24, 2.45) is 5.73 Å². The molecule has 1 atom stereocenters. The van der Waals surface area contributed by atoms with Crippen LogP contribution in [0.4, 0.5) is 0 Å². The van der Waals surface area contributed by atoms with Gasteiger partial charge < -0.3 is 15.0 Å². The Morgan fingerprint density at radius 1 is 0.846 bits per heavy atom. The van der Waals surface area contributed by atoms with E-state index in [4.69, 9.17) is 10.5 Å². The van der Waals surface area contributed by atoms with Crippen molar-refractivity contribution in [2.75, 3.05) is 27.7 Å². The molecule has 0 rings (SSSR count). The van der Waals surface area contributed by atoms with E-state index in [9.17, 15) is 9.59 Å². The van der Waals surface area contributed by atoms with Crippen molar-refractivity contribution in [2.45, 2.75) is 96.4 Å². The van der Waals surface area contributed by atoms with Gasteiger partial charge in [0.25, 0.3) is 0 Å². The van der Waals surface area contributed by atoms with E-state index in [1.54, 1.807) is 0 Å². The first-order valence-corrected chi connectivity index (χ1v) is 10.6.